The molecular weight excluding hydrogens is 126 g/mol. The molecule has 0 aliphatic carbocycles. The number of halogens is 1. The van der Waals surface area contributed by atoms with Gasteiger partial charge in [-0.25, -0.2) is 0 Å². The molecule has 0 radical (unpaired) electrons. The summed E-state index contributed by atoms with van der Waals surface area (Å²) in [5, 5.41) is 3.14. The minimum absolute atomic E-state index is 0. The van der Waals surface area contributed by atoms with Crippen LogP contribution in [0.5, 0.6) is 0 Å². The van der Waals surface area contributed by atoms with Gasteiger partial charge in [-0.3, -0.25) is 0 Å². The average Bonchev–Trinajstić information content (AvgIpc) is 2.14. The molecule has 8 heavy (non-hydrogen) atoms. The molecule has 1 rings (SSSR count). The highest BCUT2D eigenvalue weighted by molar-refractivity contribution is 5.85. The van der Waals surface area contributed by atoms with Gasteiger partial charge in [0.2, 0.25) is 0 Å². The molecule has 0 unspecified atom stereocenters. The highest BCUT2D eigenvalue weighted by Gasteiger charge is 2.11. The van der Waals surface area contributed by atoms with E-state index < -0.39 is 0 Å². The van der Waals surface area contributed by atoms with E-state index >= 15 is 0 Å². The van der Waals surface area contributed by atoms with Gasteiger partial charge in [0.1, 0.15) is 0 Å². The topological polar surface area (TPSA) is 21.3 Å². The van der Waals surface area contributed by atoms with Crippen molar-refractivity contribution in [2.24, 2.45) is 0 Å². The van der Waals surface area contributed by atoms with Gasteiger partial charge in [0.05, 0.1) is 6.61 Å². The highest BCUT2D eigenvalue weighted by Crippen LogP contribution is 2.00. The number of likely N-dealkylation sites (N-methyl/N-ethyl adjacent to an activating group) is 1. The van der Waals surface area contributed by atoms with Crippen LogP contribution in [0.4, 0.5) is 0 Å². The average molecular weight is 138 g/mol. The monoisotopic (exact) mass is 137 g/mol. The molecule has 50 valence electrons. The van der Waals surface area contributed by atoms with Crippen LogP contribution in [0.25, 0.3) is 0 Å². The van der Waals surface area contributed by atoms with Crippen LogP contribution in [-0.2, 0) is 4.74 Å². The first-order chi connectivity index (χ1) is 3.43. The Morgan fingerprint density at radius 3 is 2.62 bits per heavy atom. The van der Waals surface area contributed by atoms with Crippen molar-refractivity contribution in [2.45, 2.75) is 12.5 Å². The molecule has 1 N–H and O–H groups in total. The van der Waals surface area contributed by atoms with Gasteiger partial charge in [0.15, 0.2) is 0 Å². The Kier molecular flexibility index (Phi) is 4.23. The molecule has 1 heterocycles. The molecule has 0 aromatic rings. The van der Waals surface area contributed by atoms with Crippen LogP contribution in [0, 0.1) is 0 Å². The van der Waals surface area contributed by atoms with Crippen molar-refractivity contribution in [1.82, 2.24) is 5.32 Å². The third kappa shape index (κ3) is 1.99. The Labute approximate surface area is 56.0 Å². The van der Waals surface area contributed by atoms with E-state index in [2.05, 4.69) is 5.32 Å². The maximum absolute atomic E-state index is 5.09. The fraction of sp³-hybridized carbons (Fsp3) is 1.00. The molecule has 0 spiro atoms. The van der Waals surface area contributed by atoms with Gasteiger partial charge in [0.25, 0.3) is 0 Å². The molecule has 1 fully saturated rings. The number of hydrogen-bond donors (Lipinski definition) is 1. The number of rotatable bonds is 1. The van der Waals surface area contributed by atoms with E-state index in [1.54, 1.807) is 0 Å². The van der Waals surface area contributed by atoms with Crippen LogP contribution < -0.4 is 5.32 Å². The first-order valence-corrected chi connectivity index (χ1v) is 2.68. The SMILES string of the molecule is CN[C@H]1CCOC1.Cl. The predicted octanol–water partition coefficient (Wildman–Crippen LogP) is 0.416. The zero-order valence-corrected chi connectivity index (χ0v) is 5.83. The van der Waals surface area contributed by atoms with Crippen LogP contribution in [-0.4, -0.2) is 26.3 Å². The van der Waals surface area contributed by atoms with Crippen molar-refractivity contribution in [3.05, 3.63) is 0 Å². The Hall–Kier alpha value is 0.210. The van der Waals surface area contributed by atoms with Gasteiger partial charge >= 0.3 is 0 Å². The maximum atomic E-state index is 5.09. The van der Waals surface area contributed by atoms with E-state index in [4.69, 9.17) is 4.74 Å². The van der Waals surface area contributed by atoms with Crippen molar-refractivity contribution in [3.63, 3.8) is 0 Å². The molecule has 0 aromatic carbocycles. The van der Waals surface area contributed by atoms with E-state index in [0.717, 1.165) is 13.2 Å². The van der Waals surface area contributed by atoms with Crippen LogP contribution in [0.1, 0.15) is 6.42 Å². The van der Waals surface area contributed by atoms with Crippen molar-refractivity contribution < 1.29 is 4.74 Å². The molecule has 3 heteroatoms. The lowest BCUT2D eigenvalue weighted by molar-refractivity contribution is 0.191. The summed E-state index contributed by atoms with van der Waals surface area (Å²) in [4.78, 5) is 0. The number of nitrogens with one attached hydrogen (secondary N) is 1. The fourth-order valence-corrected chi connectivity index (χ4v) is 0.762. The van der Waals surface area contributed by atoms with E-state index in [0.29, 0.717) is 6.04 Å². The summed E-state index contributed by atoms with van der Waals surface area (Å²) in [5.74, 6) is 0. The summed E-state index contributed by atoms with van der Waals surface area (Å²) >= 11 is 0. The quantitative estimate of drug-likeness (QED) is 0.566. The Balaban J connectivity index is 0.000000490. The lowest BCUT2D eigenvalue weighted by atomic mass is 10.3. The Morgan fingerprint density at radius 2 is 2.38 bits per heavy atom. The molecule has 2 nitrogen and oxygen atoms in total. The molecule has 1 atom stereocenters. The van der Waals surface area contributed by atoms with E-state index in [1.807, 2.05) is 7.05 Å². The second-order valence-corrected chi connectivity index (χ2v) is 1.85. The van der Waals surface area contributed by atoms with Gasteiger partial charge in [-0.05, 0) is 13.5 Å². The van der Waals surface area contributed by atoms with Gasteiger partial charge < -0.3 is 10.1 Å². The molecule has 0 saturated carbocycles. The molecule has 0 bridgehead atoms. The number of ether oxygens (including phenoxy) is 1. The smallest absolute Gasteiger partial charge is 0.0620 e. The zero-order valence-electron chi connectivity index (χ0n) is 5.02. The number of hydrogen-bond acceptors (Lipinski definition) is 2. The van der Waals surface area contributed by atoms with Crippen molar-refractivity contribution >= 4 is 12.4 Å². The Morgan fingerprint density at radius 1 is 1.62 bits per heavy atom. The summed E-state index contributed by atoms with van der Waals surface area (Å²) in [5.41, 5.74) is 0. The lowest BCUT2D eigenvalue weighted by Crippen LogP contribution is -2.24. The maximum Gasteiger partial charge on any atom is 0.0620 e. The summed E-state index contributed by atoms with van der Waals surface area (Å²) < 4.78 is 5.09. The van der Waals surface area contributed by atoms with Crippen LogP contribution in [0.3, 0.4) is 0 Å². The molecule has 1 aliphatic rings. The van der Waals surface area contributed by atoms with Gasteiger partial charge in [-0.15, -0.1) is 12.4 Å². The van der Waals surface area contributed by atoms with Crippen LogP contribution >= 0.6 is 12.4 Å². The summed E-state index contributed by atoms with van der Waals surface area (Å²) in [6, 6.07) is 0.625. The van der Waals surface area contributed by atoms with Crippen molar-refractivity contribution in [1.29, 1.82) is 0 Å². The Bertz CT molecular complexity index is 54.4. The van der Waals surface area contributed by atoms with Crippen LogP contribution in [0.2, 0.25) is 0 Å². The normalized spacial score (nSPS) is 27.4. The lowest BCUT2D eigenvalue weighted by Gasteiger charge is -2.01. The first-order valence-electron chi connectivity index (χ1n) is 2.68. The molecule has 0 aromatic heterocycles. The molecule has 1 aliphatic heterocycles. The van der Waals surface area contributed by atoms with Crippen LogP contribution in [0.15, 0.2) is 0 Å². The van der Waals surface area contributed by atoms with Gasteiger partial charge in [-0.1, -0.05) is 0 Å². The molecule has 1 saturated heterocycles. The van der Waals surface area contributed by atoms with E-state index in [1.165, 1.54) is 6.42 Å². The molecule has 0 amide bonds. The van der Waals surface area contributed by atoms with Crippen molar-refractivity contribution in [3.8, 4) is 0 Å². The van der Waals surface area contributed by atoms with E-state index in [9.17, 15) is 0 Å². The van der Waals surface area contributed by atoms with Gasteiger partial charge in [-0.2, -0.15) is 0 Å². The van der Waals surface area contributed by atoms with Crippen molar-refractivity contribution in [2.75, 3.05) is 20.3 Å². The minimum atomic E-state index is 0. The largest absolute Gasteiger partial charge is 0.380 e. The first kappa shape index (κ1) is 8.21. The standard InChI is InChI=1S/C5H11NO.ClH/c1-6-5-2-3-7-4-5;/h5-6H,2-4H2,1H3;1H/t5-;/m0./s1. The van der Waals surface area contributed by atoms with Gasteiger partial charge in [0, 0.05) is 12.6 Å². The fourth-order valence-electron chi connectivity index (χ4n) is 0.762. The third-order valence-electron chi connectivity index (χ3n) is 1.34. The predicted molar refractivity (Wildman–Crippen MR) is 35.5 cm³/mol. The summed E-state index contributed by atoms with van der Waals surface area (Å²) in [7, 11) is 1.97. The van der Waals surface area contributed by atoms with E-state index in [-0.39, 0.29) is 12.4 Å². The zero-order chi connectivity index (χ0) is 5.11. The highest BCUT2D eigenvalue weighted by atomic mass is 35.5. The second-order valence-electron chi connectivity index (χ2n) is 1.85. The minimum Gasteiger partial charge on any atom is -0.380 e. The third-order valence-corrected chi connectivity index (χ3v) is 1.34. The summed E-state index contributed by atoms with van der Waals surface area (Å²) in [6.45, 7) is 1.84. The molecular formula is C5H12ClNO. The second kappa shape index (κ2) is 4.13. The summed E-state index contributed by atoms with van der Waals surface area (Å²) in [6.07, 6.45) is 1.18.